The molecule has 3 heteroatoms. The summed E-state index contributed by atoms with van der Waals surface area (Å²) >= 11 is 0. The predicted molar refractivity (Wildman–Crippen MR) is 68.6 cm³/mol. The molecule has 17 heavy (non-hydrogen) atoms. The van der Waals surface area contributed by atoms with Crippen LogP contribution in [0.25, 0.3) is 0 Å². The van der Waals surface area contributed by atoms with Gasteiger partial charge in [-0.3, -0.25) is 0 Å². The van der Waals surface area contributed by atoms with Crippen LogP contribution in [-0.2, 0) is 0 Å². The van der Waals surface area contributed by atoms with Crippen LogP contribution < -0.4 is 10.5 Å². The smallest absolute Gasteiger partial charge is 0.126 e. The zero-order valence-corrected chi connectivity index (χ0v) is 10.9. The highest BCUT2D eigenvalue weighted by atomic mass is 19.1. The topological polar surface area (TPSA) is 35.2 Å². The fourth-order valence-electron chi connectivity index (χ4n) is 1.82. The third-order valence-corrected chi connectivity index (χ3v) is 2.77. The molecule has 1 aromatic carbocycles. The average molecular weight is 239 g/mol. The monoisotopic (exact) mass is 239 g/mol. The normalized spacial score (nSPS) is 14.4. The first-order valence-corrected chi connectivity index (χ1v) is 6.22. The van der Waals surface area contributed by atoms with Crippen molar-refractivity contribution >= 4 is 0 Å². The Hall–Kier alpha value is -1.09. The lowest BCUT2D eigenvalue weighted by Crippen LogP contribution is -2.12. The van der Waals surface area contributed by atoms with E-state index in [1.165, 1.54) is 12.1 Å². The minimum atomic E-state index is -0.285. The van der Waals surface area contributed by atoms with Gasteiger partial charge in [0.25, 0.3) is 0 Å². The van der Waals surface area contributed by atoms with E-state index in [2.05, 4.69) is 13.8 Å². The van der Waals surface area contributed by atoms with Crippen LogP contribution in [-0.4, -0.2) is 6.61 Å². The number of hydrogen-bond acceptors (Lipinski definition) is 2. The van der Waals surface area contributed by atoms with Crippen LogP contribution in [0.15, 0.2) is 18.2 Å². The molecular formula is C14H22FNO. The van der Waals surface area contributed by atoms with Crippen molar-refractivity contribution in [3.8, 4) is 5.75 Å². The molecule has 2 atom stereocenters. The van der Waals surface area contributed by atoms with Gasteiger partial charge in [-0.05, 0) is 25.3 Å². The molecule has 2 unspecified atom stereocenters. The Labute approximate surface area is 103 Å². The molecule has 1 rings (SSSR count). The lowest BCUT2D eigenvalue weighted by atomic mass is 10.1. The minimum absolute atomic E-state index is 0.146. The highest BCUT2D eigenvalue weighted by molar-refractivity contribution is 5.36. The molecule has 0 aliphatic carbocycles. The van der Waals surface area contributed by atoms with E-state index in [1.54, 1.807) is 6.07 Å². The van der Waals surface area contributed by atoms with Gasteiger partial charge in [0.05, 0.1) is 6.61 Å². The van der Waals surface area contributed by atoms with Crippen LogP contribution >= 0.6 is 0 Å². The number of rotatable bonds is 6. The van der Waals surface area contributed by atoms with Gasteiger partial charge in [0.2, 0.25) is 0 Å². The first-order valence-electron chi connectivity index (χ1n) is 6.22. The van der Waals surface area contributed by atoms with Gasteiger partial charge in [-0.2, -0.15) is 0 Å². The molecule has 0 saturated carbocycles. The van der Waals surface area contributed by atoms with Crippen LogP contribution in [0, 0.1) is 11.7 Å². The number of ether oxygens (including phenoxy) is 1. The first kappa shape index (κ1) is 14.0. The van der Waals surface area contributed by atoms with E-state index in [9.17, 15) is 4.39 Å². The van der Waals surface area contributed by atoms with E-state index in [1.807, 2.05) is 6.92 Å². The number of hydrogen-bond donors (Lipinski definition) is 1. The molecule has 0 amide bonds. The van der Waals surface area contributed by atoms with Crippen molar-refractivity contribution in [3.05, 3.63) is 29.6 Å². The maximum absolute atomic E-state index is 13.2. The van der Waals surface area contributed by atoms with Crippen molar-refractivity contribution in [1.29, 1.82) is 0 Å². The fourth-order valence-corrected chi connectivity index (χ4v) is 1.82. The average Bonchev–Trinajstić information content (AvgIpc) is 2.26. The third kappa shape index (κ3) is 4.35. The van der Waals surface area contributed by atoms with E-state index in [0.717, 1.165) is 18.4 Å². The van der Waals surface area contributed by atoms with E-state index in [0.29, 0.717) is 18.3 Å². The Kier molecular flexibility index (Phi) is 5.42. The maximum atomic E-state index is 13.2. The summed E-state index contributed by atoms with van der Waals surface area (Å²) in [6.45, 7) is 6.76. The lowest BCUT2D eigenvalue weighted by Gasteiger charge is -2.16. The summed E-state index contributed by atoms with van der Waals surface area (Å²) in [5.41, 5.74) is 6.68. The Morgan fingerprint density at radius 3 is 2.65 bits per heavy atom. The molecule has 0 radical (unpaired) electrons. The number of nitrogens with two attached hydrogens (primary N) is 1. The standard InChI is InChI=1S/C14H22FNO/c1-4-5-10(2)9-17-14-8-12(15)6-7-13(14)11(3)16/h6-8,10-11H,4-5,9,16H2,1-3H3. The zero-order valence-electron chi connectivity index (χ0n) is 10.9. The van der Waals surface area contributed by atoms with Gasteiger partial charge in [-0.25, -0.2) is 4.39 Å². The minimum Gasteiger partial charge on any atom is -0.493 e. The van der Waals surface area contributed by atoms with Gasteiger partial charge in [-0.1, -0.05) is 26.3 Å². The highest BCUT2D eigenvalue weighted by Gasteiger charge is 2.10. The van der Waals surface area contributed by atoms with Crippen molar-refractivity contribution in [2.45, 2.75) is 39.7 Å². The Morgan fingerprint density at radius 1 is 1.35 bits per heavy atom. The Bertz CT molecular complexity index is 352. The van der Waals surface area contributed by atoms with Gasteiger partial charge in [-0.15, -0.1) is 0 Å². The molecule has 0 aliphatic heterocycles. The summed E-state index contributed by atoms with van der Waals surface area (Å²) in [5, 5.41) is 0. The molecule has 0 aliphatic rings. The van der Waals surface area contributed by atoms with E-state index in [4.69, 9.17) is 10.5 Å². The van der Waals surface area contributed by atoms with Gasteiger partial charge in [0.1, 0.15) is 11.6 Å². The zero-order chi connectivity index (χ0) is 12.8. The van der Waals surface area contributed by atoms with Crippen molar-refractivity contribution in [1.82, 2.24) is 0 Å². The van der Waals surface area contributed by atoms with Gasteiger partial charge >= 0.3 is 0 Å². The molecule has 0 bridgehead atoms. The van der Waals surface area contributed by atoms with Crippen molar-refractivity contribution in [2.75, 3.05) is 6.61 Å². The predicted octanol–water partition coefficient (Wildman–Crippen LogP) is 3.66. The number of halogens is 1. The SMILES string of the molecule is CCCC(C)COc1cc(F)ccc1C(C)N. The Morgan fingerprint density at radius 2 is 2.06 bits per heavy atom. The molecule has 0 heterocycles. The third-order valence-electron chi connectivity index (χ3n) is 2.77. The maximum Gasteiger partial charge on any atom is 0.126 e. The first-order chi connectivity index (χ1) is 8.04. The molecule has 2 nitrogen and oxygen atoms in total. The van der Waals surface area contributed by atoms with Crippen LogP contribution in [0.5, 0.6) is 5.75 Å². The molecule has 0 spiro atoms. The van der Waals surface area contributed by atoms with Crippen LogP contribution in [0.2, 0.25) is 0 Å². The van der Waals surface area contributed by atoms with Gasteiger partial charge < -0.3 is 10.5 Å². The van der Waals surface area contributed by atoms with Crippen LogP contribution in [0.3, 0.4) is 0 Å². The summed E-state index contributed by atoms with van der Waals surface area (Å²) in [5.74, 6) is 0.764. The highest BCUT2D eigenvalue weighted by Crippen LogP contribution is 2.25. The summed E-state index contributed by atoms with van der Waals surface area (Å²) in [6, 6.07) is 4.38. The summed E-state index contributed by atoms with van der Waals surface area (Å²) in [6.07, 6.45) is 2.25. The van der Waals surface area contributed by atoms with Crippen LogP contribution in [0.1, 0.15) is 45.2 Å². The molecule has 0 fully saturated rings. The largest absolute Gasteiger partial charge is 0.493 e. The van der Waals surface area contributed by atoms with E-state index in [-0.39, 0.29) is 11.9 Å². The van der Waals surface area contributed by atoms with Crippen molar-refractivity contribution in [2.24, 2.45) is 11.7 Å². The summed E-state index contributed by atoms with van der Waals surface area (Å²) < 4.78 is 18.8. The second-order valence-electron chi connectivity index (χ2n) is 4.68. The number of benzene rings is 1. The molecule has 96 valence electrons. The molecule has 0 aromatic heterocycles. The molecule has 2 N–H and O–H groups in total. The quantitative estimate of drug-likeness (QED) is 0.822. The van der Waals surface area contributed by atoms with Gasteiger partial charge in [0, 0.05) is 17.7 Å². The van der Waals surface area contributed by atoms with Crippen LogP contribution in [0.4, 0.5) is 4.39 Å². The molecule has 1 aromatic rings. The summed E-state index contributed by atoms with van der Waals surface area (Å²) in [4.78, 5) is 0. The molecule has 0 saturated heterocycles. The van der Waals surface area contributed by atoms with E-state index >= 15 is 0 Å². The fraction of sp³-hybridized carbons (Fsp3) is 0.571. The summed E-state index contributed by atoms with van der Waals surface area (Å²) in [7, 11) is 0. The van der Waals surface area contributed by atoms with E-state index < -0.39 is 0 Å². The lowest BCUT2D eigenvalue weighted by molar-refractivity contribution is 0.247. The van der Waals surface area contributed by atoms with Crippen molar-refractivity contribution < 1.29 is 9.13 Å². The Balaban J connectivity index is 2.71. The second kappa shape index (κ2) is 6.60. The van der Waals surface area contributed by atoms with Gasteiger partial charge in [0.15, 0.2) is 0 Å². The van der Waals surface area contributed by atoms with Crippen molar-refractivity contribution in [3.63, 3.8) is 0 Å². The molecular weight excluding hydrogens is 217 g/mol. The second-order valence-corrected chi connectivity index (χ2v) is 4.68.